The van der Waals surface area contributed by atoms with Crippen molar-refractivity contribution in [2.24, 2.45) is 0 Å². The van der Waals surface area contributed by atoms with Gasteiger partial charge in [0, 0.05) is 24.7 Å². The summed E-state index contributed by atoms with van der Waals surface area (Å²) >= 11 is 5.88. The molecule has 1 aromatic carbocycles. The van der Waals surface area contributed by atoms with Crippen LogP contribution in [0.1, 0.15) is 5.76 Å². The average molecular weight is 351 g/mol. The van der Waals surface area contributed by atoms with Crippen LogP contribution in [0.5, 0.6) is 0 Å². The first kappa shape index (κ1) is 18.0. The Labute approximate surface area is 145 Å². The van der Waals surface area contributed by atoms with Crippen LogP contribution in [-0.4, -0.2) is 43.9 Å². The topological polar surface area (TPSA) is 79.2 Å². The third-order valence-electron chi connectivity index (χ3n) is 3.54. The number of furan rings is 1. The van der Waals surface area contributed by atoms with Crippen molar-refractivity contribution in [3.8, 4) is 11.3 Å². The molecule has 0 unspecified atom stereocenters. The first-order chi connectivity index (χ1) is 11.5. The quantitative estimate of drug-likeness (QED) is 0.777. The highest BCUT2D eigenvalue weighted by Crippen LogP contribution is 2.24. The van der Waals surface area contributed by atoms with Crippen LogP contribution in [0, 0.1) is 0 Å². The summed E-state index contributed by atoms with van der Waals surface area (Å²) in [5.41, 5.74) is 0.929. The maximum Gasteiger partial charge on any atom is 0.277 e. The van der Waals surface area contributed by atoms with Crippen LogP contribution in [0.15, 0.2) is 40.8 Å². The van der Waals surface area contributed by atoms with Crippen LogP contribution in [0.3, 0.4) is 0 Å². The van der Waals surface area contributed by atoms with E-state index in [9.17, 15) is 9.59 Å². The van der Waals surface area contributed by atoms with Gasteiger partial charge >= 0.3 is 0 Å². The highest BCUT2D eigenvalue weighted by Gasteiger charge is 2.14. The van der Waals surface area contributed by atoms with E-state index < -0.39 is 0 Å². The van der Waals surface area contributed by atoms with Crippen molar-refractivity contribution in [1.82, 2.24) is 10.2 Å². The highest BCUT2D eigenvalue weighted by molar-refractivity contribution is 6.30. The zero-order valence-electron chi connectivity index (χ0n) is 13.7. The normalized spacial score (nSPS) is 10.5. The molecule has 128 valence electrons. The molecule has 0 fully saturated rings. The molecule has 1 aromatic heterocycles. The lowest BCUT2D eigenvalue weighted by atomic mass is 10.2. The number of likely N-dealkylation sites (N-methyl/N-ethyl adjacent to an activating group) is 2. The van der Waals surface area contributed by atoms with Crippen LogP contribution >= 0.6 is 11.6 Å². The number of hydrogen-bond donors (Lipinski definition) is 2. The van der Waals surface area contributed by atoms with Crippen molar-refractivity contribution < 1.29 is 19.3 Å². The van der Waals surface area contributed by atoms with Gasteiger partial charge < -0.3 is 20.0 Å². The molecule has 0 saturated heterocycles. The Balaban J connectivity index is 1.88. The largest absolute Gasteiger partial charge is 0.459 e. The average Bonchev–Trinajstić information content (AvgIpc) is 3.03. The summed E-state index contributed by atoms with van der Waals surface area (Å²) in [5, 5.41) is 4.85. The van der Waals surface area contributed by atoms with Crippen molar-refractivity contribution >= 4 is 23.4 Å². The van der Waals surface area contributed by atoms with Crippen molar-refractivity contribution in [1.29, 1.82) is 0 Å². The lowest BCUT2D eigenvalue weighted by Gasteiger charge is -2.14. The highest BCUT2D eigenvalue weighted by atomic mass is 35.5. The van der Waals surface area contributed by atoms with E-state index in [0.29, 0.717) is 17.3 Å². The molecular formula is C17H21ClN3O3+. The number of hydrogen-bond acceptors (Lipinski definition) is 3. The molecule has 0 aliphatic carbocycles. The Kier molecular flexibility index (Phi) is 6.40. The van der Waals surface area contributed by atoms with Crippen LogP contribution in [-0.2, 0) is 16.1 Å². The number of nitrogens with zero attached hydrogens (tertiary/aromatic N) is 1. The monoisotopic (exact) mass is 350 g/mol. The number of halogens is 1. The molecule has 6 nitrogen and oxygen atoms in total. The first-order valence-electron chi connectivity index (χ1n) is 7.60. The molecule has 0 aliphatic rings. The maximum absolute atomic E-state index is 12.0. The Hall–Kier alpha value is -2.31. The predicted octanol–water partition coefficient (Wildman–Crippen LogP) is 0.868. The number of amides is 2. The minimum Gasteiger partial charge on any atom is -0.459 e. The SMILES string of the molecule is CNC(=O)C[NH2+]CC(=O)N(C)Cc1ccc(-c2ccc(Cl)cc2)o1. The van der Waals surface area contributed by atoms with Gasteiger partial charge in [0.25, 0.3) is 11.8 Å². The second kappa shape index (κ2) is 8.52. The number of carbonyl (C=O) groups excluding carboxylic acids is 2. The van der Waals surface area contributed by atoms with Gasteiger partial charge in [0.15, 0.2) is 13.1 Å². The smallest absolute Gasteiger partial charge is 0.277 e. The predicted molar refractivity (Wildman–Crippen MR) is 91.4 cm³/mol. The second-order valence-corrected chi connectivity index (χ2v) is 5.83. The molecule has 0 bridgehead atoms. The van der Waals surface area contributed by atoms with E-state index in [2.05, 4.69) is 5.32 Å². The summed E-state index contributed by atoms with van der Waals surface area (Å²) in [4.78, 5) is 24.7. The summed E-state index contributed by atoms with van der Waals surface area (Å²) in [7, 11) is 3.28. The molecule has 24 heavy (non-hydrogen) atoms. The second-order valence-electron chi connectivity index (χ2n) is 5.39. The van der Waals surface area contributed by atoms with Gasteiger partial charge in [-0.1, -0.05) is 11.6 Å². The minimum atomic E-state index is -0.107. The van der Waals surface area contributed by atoms with Crippen molar-refractivity contribution in [3.05, 3.63) is 47.2 Å². The Morgan fingerprint density at radius 2 is 1.88 bits per heavy atom. The fraction of sp³-hybridized carbons (Fsp3) is 0.294. The first-order valence-corrected chi connectivity index (χ1v) is 7.98. The fourth-order valence-corrected chi connectivity index (χ4v) is 2.26. The molecule has 0 saturated carbocycles. The standard InChI is InChI=1S/C17H20ClN3O3/c1-19-16(22)9-20-10-17(23)21(2)11-14-7-8-15(24-14)12-3-5-13(18)6-4-12/h3-8,20H,9-11H2,1-2H3,(H,19,22)/p+1. The molecule has 0 spiro atoms. The Morgan fingerprint density at radius 3 is 2.54 bits per heavy atom. The molecule has 0 radical (unpaired) electrons. The maximum atomic E-state index is 12.0. The van der Waals surface area contributed by atoms with E-state index >= 15 is 0 Å². The number of nitrogens with two attached hydrogens (primary N) is 1. The summed E-state index contributed by atoms with van der Waals surface area (Å²) in [6.07, 6.45) is 0. The number of benzene rings is 1. The summed E-state index contributed by atoms with van der Waals surface area (Å²) in [6.45, 7) is 0.826. The minimum absolute atomic E-state index is 0.0663. The molecular weight excluding hydrogens is 330 g/mol. The van der Waals surface area contributed by atoms with Crippen LogP contribution in [0.2, 0.25) is 5.02 Å². The number of nitrogens with one attached hydrogen (secondary N) is 1. The van der Waals surface area contributed by atoms with Crippen molar-refractivity contribution in [2.45, 2.75) is 6.54 Å². The summed E-state index contributed by atoms with van der Waals surface area (Å²) in [6, 6.07) is 11.1. The molecule has 7 heteroatoms. The summed E-state index contributed by atoms with van der Waals surface area (Å²) < 4.78 is 5.78. The third-order valence-corrected chi connectivity index (χ3v) is 3.79. The van der Waals surface area contributed by atoms with Crippen LogP contribution < -0.4 is 10.6 Å². The zero-order chi connectivity index (χ0) is 17.5. The fourth-order valence-electron chi connectivity index (χ4n) is 2.14. The Bertz CT molecular complexity index is 697. The number of quaternary nitrogens is 1. The molecule has 2 rings (SSSR count). The van der Waals surface area contributed by atoms with E-state index in [1.54, 1.807) is 36.4 Å². The number of rotatable bonds is 7. The molecule has 2 amide bonds. The van der Waals surface area contributed by atoms with Crippen LogP contribution in [0.4, 0.5) is 0 Å². The zero-order valence-corrected chi connectivity index (χ0v) is 14.5. The van der Waals surface area contributed by atoms with Gasteiger partial charge in [0.05, 0.1) is 6.54 Å². The number of carbonyl (C=O) groups is 2. The molecule has 0 aliphatic heterocycles. The van der Waals surface area contributed by atoms with Gasteiger partial charge in [-0.3, -0.25) is 9.59 Å². The molecule has 3 N–H and O–H groups in total. The third kappa shape index (κ3) is 5.11. The van der Waals surface area contributed by atoms with E-state index in [0.717, 1.165) is 11.3 Å². The van der Waals surface area contributed by atoms with Gasteiger partial charge in [0.2, 0.25) is 0 Å². The van der Waals surface area contributed by atoms with E-state index in [-0.39, 0.29) is 24.9 Å². The molecule has 0 atom stereocenters. The van der Waals surface area contributed by atoms with E-state index in [4.69, 9.17) is 16.0 Å². The van der Waals surface area contributed by atoms with Gasteiger partial charge in [0.1, 0.15) is 11.5 Å². The summed E-state index contributed by atoms with van der Waals surface area (Å²) in [5.74, 6) is 1.25. The van der Waals surface area contributed by atoms with Crippen molar-refractivity contribution in [2.75, 3.05) is 27.2 Å². The van der Waals surface area contributed by atoms with Gasteiger partial charge in [-0.05, 0) is 36.4 Å². The Morgan fingerprint density at radius 1 is 1.17 bits per heavy atom. The lowest BCUT2D eigenvalue weighted by molar-refractivity contribution is -0.633. The molecule has 1 heterocycles. The van der Waals surface area contributed by atoms with Gasteiger partial charge in [-0.15, -0.1) is 0 Å². The lowest BCUT2D eigenvalue weighted by Crippen LogP contribution is -2.88. The van der Waals surface area contributed by atoms with E-state index in [1.165, 1.54) is 0 Å². The van der Waals surface area contributed by atoms with E-state index in [1.807, 2.05) is 24.3 Å². The van der Waals surface area contributed by atoms with Gasteiger partial charge in [-0.25, -0.2) is 0 Å². The molecule has 2 aromatic rings. The van der Waals surface area contributed by atoms with Crippen molar-refractivity contribution in [3.63, 3.8) is 0 Å². The van der Waals surface area contributed by atoms with Gasteiger partial charge in [-0.2, -0.15) is 0 Å². The van der Waals surface area contributed by atoms with Crippen LogP contribution in [0.25, 0.3) is 11.3 Å².